The molecule has 0 aliphatic heterocycles. The van der Waals surface area contributed by atoms with E-state index >= 15 is 0 Å². The monoisotopic (exact) mass is 389 g/mol. The molecule has 2 N–H and O–H groups in total. The van der Waals surface area contributed by atoms with Crippen molar-refractivity contribution >= 4 is 23.5 Å². The molecule has 1 heterocycles. The quantitative estimate of drug-likeness (QED) is 0.632. The molecule has 0 saturated heterocycles. The number of benzene rings is 2. The van der Waals surface area contributed by atoms with Crippen molar-refractivity contribution in [2.45, 2.75) is 6.54 Å². The van der Waals surface area contributed by atoms with Gasteiger partial charge in [0, 0.05) is 23.0 Å². The highest BCUT2D eigenvalue weighted by Crippen LogP contribution is 2.14. The van der Waals surface area contributed by atoms with E-state index in [2.05, 4.69) is 20.4 Å². The van der Waals surface area contributed by atoms with Crippen LogP contribution in [-0.2, 0) is 11.3 Å². The van der Waals surface area contributed by atoms with E-state index < -0.39 is 5.97 Å². The molecule has 0 unspecified atom stereocenters. The Morgan fingerprint density at radius 1 is 0.862 bits per heavy atom. The van der Waals surface area contributed by atoms with Crippen LogP contribution in [0.2, 0.25) is 0 Å². The Labute approximate surface area is 167 Å². The van der Waals surface area contributed by atoms with Gasteiger partial charge in [-0.05, 0) is 54.6 Å². The first-order valence-electron chi connectivity index (χ1n) is 8.85. The fraction of sp³-hybridized carbons (Fsp3) is 0.0909. The highest BCUT2D eigenvalue weighted by molar-refractivity contribution is 6.05. The first kappa shape index (κ1) is 19.8. The van der Waals surface area contributed by atoms with Crippen LogP contribution < -0.4 is 10.6 Å². The number of amides is 2. The molecule has 0 atom stereocenters. The second-order valence-corrected chi connectivity index (χ2v) is 6.11. The normalized spacial score (nSPS) is 10.1. The van der Waals surface area contributed by atoms with Gasteiger partial charge in [0.25, 0.3) is 11.8 Å². The van der Waals surface area contributed by atoms with Crippen LogP contribution in [0.1, 0.15) is 36.8 Å². The maximum atomic E-state index is 12.4. The minimum Gasteiger partial charge on any atom is -0.465 e. The molecule has 0 fully saturated rings. The number of aromatic nitrogens is 1. The van der Waals surface area contributed by atoms with Gasteiger partial charge in [-0.1, -0.05) is 12.1 Å². The molecular weight excluding hydrogens is 370 g/mol. The Hall–Kier alpha value is -4.00. The molecule has 0 bridgehead atoms. The Bertz CT molecular complexity index is 1020. The fourth-order valence-electron chi connectivity index (χ4n) is 2.59. The minimum absolute atomic E-state index is 0.256. The summed E-state index contributed by atoms with van der Waals surface area (Å²) < 4.78 is 4.67. The summed E-state index contributed by atoms with van der Waals surface area (Å²) in [6.45, 7) is 0.318. The van der Waals surface area contributed by atoms with E-state index in [9.17, 15) is 14.4 Å². The number of rotatable bonds is 6. The lowest BCUT2D eigenvalue weighted by Crippen LogP contribution is -2.23. The molecule has 0 aliphatic carbocycles. The second-order valence-electron chi connectivity index (χ2n) is 6.11. The number of carbonyl (C=O) groups is 3. The van der Waals surface area contributed by atoms with Gasteiger partial charge in [0.05, 0.1) is 24.9 Å². The maximum absolute atomic E-state index is 12.4. The Morgan fingerprint density at radius 2 is 1.59 bits per heavy atom. The predicted molar refractivity (Wildman–Crippen MR) is 108 cm³/mol. The highest BCUT2D eigenvalue weighted by atomic mass is 16.5. The number of nitrogens with one attached hydrogen (secondary N) is 2. The van der Waals surface area contributed by atoms with Crippen molar-refractivity contribution < 1.29 is 19.1 Å². The van der Waals surface area contributed by atoms with Crippen LogP contribution in [0.3, 0.4) is 0 Å². The van der Waals surface area contributed by atoms with Crippen molar-refractivity contribution in [3.8, 4) is 0 Å². The zero-order valence-corrected chi connectivity index (χ0v) is 15.7. The zero-order chi connectivity index (χ0) is 20.6. The van der Waals surface area contributed by atoms with Crippen LogP contribution in [0, 0.1) is 0 Å². The Balaban J connectivity index is 1.61. The smallest absolute Gasteiger partial charge is 0.337 e. The summed E-state index contributed by atoms with van der Waals surface area (Å²) in [6, 6.07) is 18.2. The van der Waals surface area contributed by atoms with Crippen LogP contribution in [0.15, 0.2) is 72.9 Å². The standard InChI is InChI=1S/C22H19N3O4/c1-29-22(28)17-5-4-7-18(13-17)25-21(27)16-10-8-15(9-11-16)20(26)24-14-19-6-2-3-12-23-19/h2-13H,14H2,1H3,(H,24,26)(H,25,27). The molecule has 2 amide bonds. The second kappa shape index (κ2) is 9.27. The maximum Gasteiger partial charge on any atom is 0.337 e. The summed E-state index contributed by atoms with van der Waals surface area (Å²) in [5.74, 6) is -1.09. The highest BCUT2D eigenvalue weighted by Gasteiger charge is 2.11. The predicted octanol–water partition coefficient (Wildman–Crippen LogP) is 3.05. The molecule has 7 nitrogen and oxygen atoms in total. The number of hydrogen-bond acceptors (Lipinski definition) is 5. The number of ether oxygens (including phenoxy) is 1. The number of carbonyl (C=O) groups excluding carboxylic acids is 3. The molecule has 3 rings (SSSR count). The van der Waals surface area contributed by atoms with Crippen LogP contribution in [0.25, 0.3) is 0 Å². The lowest BCUT2D eigenvalue weighted by Gasteiger charge is -2.08. The molecule has 0 spiro atoms. The summed E-state index contributed by atoms with van der Waals surface area (Å²) in [5.41, 5.74) is 2.38. The molecule has 1 aromatic heterocycles. The van der Waals surface area contributed by atoms with E-state index in [0.717, 1.165) is 5.69 Å². The molecule has 7 heteroatoms. The largest absolute Gasteiger partial charge is 0.465 e. The number of methoxy groups -OCH3 is 1. The van der Waals surface area contributed by atoms with Crippen molar-refractivity contribution in [2.24, 2.45) is 0 Å². The van der Waals surface area contributed by atoms with Gasteiger partial charge in [0.1, 0.15) is 0 Å². The lowest BCUT2D eigenvalue weighted by molar-refractivity contribution is 0.0600. The first-order valence-corrected chi connectivity index (χ1v) is 8.85. The van der Waals surface area contributed by atoms with Crippen molar-refractivity contribution in [1.82, 2.24) is 10.3 Å². The number of anilines is 1. The van der Waals surface area contributed by atoms with Crippen molar-refractivity contribution in [1.29, 1.82) is 0 Å². The van der Waals surface area contributed by atoms with E-state index in [0.29, 0.717) is 28.9 Å². The van der Waals surface area contributed by atoms with Gasteiger partial charge >= 0.3 is 5.97 Å². The molecule has 0 aliphatic rings. The van der Waals surface area contributed by atoms with E-state index in [1.807, 2.05) is 12.1 Å². The van der Waals surface area contributed by atoms with Crippen molar-refractivity contribution in [3.05, 3.63) is 95.3 Å². The van der Waals surface area contributed by atoms with Gasteiger partial charge in [0.15, 0.2) is 0 Å². The fourth-order valence-corrected chi connectivity index (χ4v) is 2.59. The summed E-state index contributed by atoms with van der Waals surface area (Å²) in [6.07, 6.45) is 1.66. The third-order valence-electron chi connectivity index (χ3n) is 4.11. The van der Waals surface area contributed by atoms with Gasteiger partial charge in [-0.15, -0.1) is 0 Å². The Morgan fingerprint density at radius 3 is 2.24 bits per heavy atom. The molecule has 146 valence electrons. The van der Waals surface area contributed by atoms with Gasteiger partial charge in [0.2, 0.25) is 0 Å². The molecule has 0 radical (unpaired) electrons. The SMILES string of the molecule is COC(=O)c1cccc(NC(=O)c2ccc(C(=O)NCc3ccccn3)cc2)c1. The average molecular weight is 389 g/mol. The minimum atomic E-state index is -0.484. The first-order chi connectivity index (χ1) is 14.1. The summed E-state index contributed by atoms with van der Waals surface area (Å²) in [7, 11) is 1.29. The van der Waals surface area contributed by atoms with E-state index in [-0.39, 0.29) is 11.8 Å². The lowest BCUT2D eigenvalue weighted by atomic mass is 10.1. The third-order valence-corrected chi connectivity index (χ3v) is 4.11. The zero-order valence-electron chi connectivity index (χ0n) is 15.7. The summed E-state index contributed by atoms with van der Waals surface area (Å²) in [4.78, 5) is 40.4. The third kappa shape index (κ3) is 5.26. The van der Waals surface area contributed by atoms with Gasteiger partial charge < -0.3 is 15.4 Å². The van der Waals surface area contributed by atoms with Gasteiger partial charge in [-0.2, -0.15) is 0 Å². The number of esters is 1. The summed E-state index contributed by atoms with van der Waals surface area (Å²) in [5, 5.41) is 5.50. The van der Waals surface area contributed by atoms with Gasteiger partial charge in [-0.3, -0.25) is 14.6 Å². The molecule has 29 heavy (non-hydrogen) atoms. The van der Waals surface area contributed by atoms with Crippen molar-refractivity contribution in [2.75, 3.05) is 12.4 Å². The topological polar surface area (TPSA) is 97.4 Å². The van der Waals surface area contributed by atoms with E-state index in [1.54, 1.807) is 54.7 Å². The van der Waals surface area contributed by atoms with Crippen LogP contribution in [0.5, 0.6) is 0 Å². The number of nitrogens with zero attached hydrogens (tertiary/aromatic N) is 1. The van der Waals surface area contributed by atoms with Crippen LogP contribution in [0.4, 0.5) is 5.69 Å². The van der Waals surface area contributed by atoms with Crippen LogP contribution >= 0.6 is 0 Å². The van der Waals surface area contributed by atoms with E-state index in [4.69, 9.17) is 0 Å². The molecule has 0 saturated carbocycles. The van der Waals surface area contributed by atoms with Crippen LogP contribution in [-0.4, -0.2) is 29.9 Å². The van der Waals surface area contributed by atoms with Gasteiger partial charge in [-0.25, -0.2) is 4.79 Å². The number of pyridine rings is 1. The average Bonchev–Trinajstić information content (AvgIpc) is 2.78. The molecule has 3 aromatic rings. The Kier molecular flexibility index (Phi) is 6.32. The van der Waals surface area contributed by atoms with E-state index in [1.165, 1.54) is 13.2 Å². The van der Waals surface area contributed by atoms with Crippen molar-refractivity contribution in [3.63, 3.8) is 0 Å². The summed E-state index contributed by atoms with van der Waals surface area (Å²) >= 11 is 0. The molecular formula is C22H19N3O4. The number of hydrogen-bond donors (Lipinski definition) is 2. The molecule has 2 aromatic carbocycles.